The largest absolute Gasteiger partial charge is 0.494 e. The van der Waals surface area contributed by atoms with Gasteiger partial charge in [0.2, 0.25) is 0 Å². The SMILES string of the molecule is CCOC(=O)c1cc2c(NC(=O)OC(C)(C)C)c(N)c(OC)cc2s1. The monoisotopic (exact) mass is 366 g/mol. The third-order valence-electron chi connectivity index (χ3n) is 3.15. The molecule has 1 amide bonds. The average Bonchev–Trinajstić information content (AvgIpc) is 2.92. The molecule has 0 aliphatic carbocycles. The Balaban J connectivity index is 2.50. The molecule has 0 aliphatic heterocycles. The van der Waals surface area contributed by atoms with E-state index in [0.29, 0.717) is 21.7 Å². The molecule has 0 saturated carbocycles. The second kappa shape index (κ2) is 7.18. The minimum atomic E-state index is -0.651. The quantitative estimate of drug-likeness (QED) is 0.626. The molecular weight excluding hydrogens is 344 g/mol. The molecule has 0 aliphatic rings. The van der Waals surface area contributed by atoms with Gasteiger partial charge in [0, 0.05) is 16.2 Å². The standard InChI is InChI=1S/C17H22N2O5S/c1-6-23-15(20)12-7-9-11(25-12)8-10(22-5)13(18)14(9)19-16(21)24-17(2,3)4/h7-8H,6,18H2,1-5H3,(H,19,21). The maximum Gasteiger partial charge on any atom is 0.412 e. The Kier molecular flexibility index (Phi) is 5.42. The van der Waals surface area contributed by atoms with Crippen LogP contribution in [0, 0.1) is 0 Å². The summed E-state index contributed by atoms with van der Waals surface area (Å²) in [4.78, 5) is 24.6. The van der Waals surface area contributed by atoms with Crippen molar-refractivity contribution in [1.29, 1.82) is 0 Å². The molecule has 25 heavy (non-hydrogen) atoms. The number of esters is 1. The number of ether oxygens (including phenoxy) is 3. The van der Waals surface area contributed by atoms with E-state index in [0.717, 1.165) is 4.70 Å². The fraction of sp³-hybridized carbons (Fsp3) is 0.412. The zero-order valence-corrected chi connectivity index (χ0v) is 15.7. The summed E-state index contributed by atoms with van der Waals surface area (Å²) >= 11 is 1.24. The Labute approximate surface area is 150 Å². The maximum atomic E-state index is 12.1. The molecule has 0 atom stereocenters. The van der Waals surface area contributed by atoms with Crippen molar-refractivity contribution in [3.8, 4) is 5.75 Å². The van der Waals surface area contributed by atoms with Crippen molar-refractivity contribution in [1.82, 2.24) is 0 Å². The van der Waals surface area contributed by atoms with Gasteiger partial charge in [0.25, 0.3) is 0 Å². The Morgan fingerprint density at radius 3 is 2.52 bits per heavy atom. The van der Waals surface area contributed by atoms with Crippen LogP contribution in [0.15, 0.2) is 12.1 Å². The summed E-state index contributed by atoms with van der Waals surface area (Å²) in [6, 6.07) is 3.36. The molecule has 0 saturated heterocycles. The van der Waals surface area contributed by atoms with Gasteiger partial charge in [0.15, 0.2) is 0 Å². The number of fused-ring (bicyclic) bond motifs is 1. The average molecular weight is 366 g/mol. The van der Waals surface area contributed by atoms with E-state index in [1.807, 2.05) is 0 Å². The Hall–Kier alpha value is -2.48. The lowest BCUT2D eigenvalue weighted by atomic mass is 10.1. The van der Waals surface area contributed by atoms with Crippen LogP contribution in [0.4, 0.5) is 16.2 Å². The van der Waals surface area contributed by atoms with Gasteiger partial charge >= 0.3 is 12.1 Å². The van der Waals surface area contributed by atoms with Crippen molar-refractivity contribution in [3.05, 3.63) is 17.0 Å². The molecule has 136 valence electrons. The number of hydrogen-bond acceptors (Lipinski definition) is 7. The molecule has 2 aromatic rings. The van der Waals surface area contributed by atoms with E-state index in [1.165, 1.54) is 18.4 Å². The molecular formula is C17H22N2O5S. The normalized spacial score (nSPS) is 11.2. The molecule has 0 unspecified atom stereocenters. The van der Waals surface area contributed by atoms with Gasteiger partial charge in [-0.15, -0.1) is 11.3 Å². The van der Waals surface area contributed by atoms with Crippen LogP contribution >= 0.6 is 11.3 Å². The van der Waals surface area contributed by atoms with Crippen molar-refractivity contribution in [2.45, 2.75) is 33.3 Å². The number of thiophene rings is 1. The van der Waals surface area contributed by atoms with Gasteiger partial charge < -0.3 is 19.9 Å². The van der Waals surface area contributed by atoms with E-state index in [9.17, 15) is 9.59 Å². The van der Waals surface area contributed by atoms with Gasteiger partial charge in [-0.3, -0.25) is 5.32 Å². The maximum absolute atomic E-state index is 12.1. The highest BCUT2D eigenvalue weighted by molar-refractivity contribution is 7.20. The van der Waals surface area contributed by atoms with Gasteiger partial charge in [-0.1, -0.05) is 0 Å². The van der Waals surface area contributed by atoms with Crippen LogP contribution in [-0.4, -0.2) is 31.4 Å². The molecule has 8 heteroatoms. The van der Waals surface area contributed by atoms with Crippen LogP contribution in [0.1, 0.15) is 37.4 Å². The van der Waals surface area contributed by atoms with E-state index >= 15 is 0 Å². The number of carbonyl (C=O) groups is 2. The molecule has 0 spiro atoms. The summed E-state index contributed by atoms with van der Waals surface area (Å²) in [6.45, 7) is 7.31. The molecule has 0 bridgehead atoms. The number of carbonyl (C=O) groups excluding carboxylic acids is 2. The number of nitrogens with two attached hydrogens (primary N) is 1. The van der Waals surface area contributed by atoms with E-state index in [2.05, 4.69) is 5.32 Å². The van der Waals surface area contributed by atoms with Crippen molar-refractivity contribution in [2.24, 2.45) is 0 Å². The number of nitrogen functional groups attached to an aromatic ring is 1. The topological polar surface area (TPSA) is 99.9 Å². The zero-order valence-electron chi connectivity index (χ0n) is 14.9. The van der Waals surface area contributed by atoms with Gasteiger partial charge in [-0.25, -0.2) is 9.59 Å². The van der Waals surface area contributed by atoms with Crippen LogP contribution in [0.3, 0.4) is 0 Å². The fourth-order valence-electron chi connectivity index (χ4n) is 2.18. The van der Waals surface area contributed by atoms with E-state index in [4.69, 9.17) is 19.9 Å². The van der Waals surface area contributed by atoms with Crippen LogP contribution in [0.5, 0.6) is 5.75 Å². The number of benzene rings is 1. The Morgan fingerprint density at radius 1 is 1.28 bits per heavy atom. The molecule has 2 rings (SSSR count). The van der Waals surface area contributed by atoms with Crippen molar-refractivity contribution in [3.63, 3.8) is 0 Å². The number of nitrogens with one attached hydrogen (secondary N) is 1. The molecule has 1 aromatic heterocycles. The molecule has 1 aromatic carbocycles. The van der Waals surface area contributed by atoms with Crippen molar-refractivity contribution in [2.75, 3.05) is 24.8 Å². The van der Waals surface area contributed by atoms with Crippen LogP contribution in [0.25, 0.3) is 10.1 Å². The fourth-order valence-corrected chi connectivity index (χ4v) is 3.18. The zero-order chi connectivity index (χ0) is 18.8. The summed E-state index contributed by atoms with van der Waals surface area (Å²) in [6.07, 6.45) is -0.641. The van der Waals surface area contributed by atoms with Gasteiger partial charge in [-0.05, 0) is 33.8 Å². The highest BCUT2D eigenvalue weighted by Gasteiger charge is 2.22. The van der Waals surface area contributed by atoms with Crippen molar-refractivity contribution >= 4 is 44.9 Å². The highest BCUT2D eigenvalue weighted by Crippen LogP contribution is 2.41. The minimum absolute atomic E-state index is 0.258. The van der Waals surface area contributed by atoms with Crippen LogP contribution < -0.4 is 15.8 Å². The lowest BCUT2D eigenvalue weighted by molar-refractivity contribution is 0.0531. The molecule has 1 heterocycles. The Bertz CT molecular complexity index is 807. The highest BCUT2D eigenvalue weighted by atomic mass is 32.1. The molecule has 7 nitrogen and oxygen atoms in total. The first kappa shape index (κ1) is 18.9. The van der Waals surface area contributed by atoms with Gasteiger partial charge in [0.05, 0.1) is 25.1 Å². The predicted octanol–water partition coefficient (Wildman–Crippen LogP) is 4.02. The number of hydrogen-bond donors (Lipinski definition) is 2. The molecule has 3 N–H and O–H groups in total. The first-order chi connectivity index (χ1) is 11.7. The predicted molar refractivity (Wildman–Crippen MR) is 98.6 cm³/mol. The smallest absolute Gasteiger partial charge is 0.412 e. The lowest BCUT2D eigenvalue weighted by Crippen LogP contribution is -2.27. The second-order valence-corrected chi connectivity index (χ2v) is 7.32. The number of amides is 1. The van der Waals surface area contributed by atoms with E-state index in [1.54, 1.807) is 39.8 Å². The first-order valence-corrected chi connectivity index (χ1v) is 8.55. The summed E-state index contributed by atoms with van der Waals surface area (Å²) in [5.41, 5.74) is 6.06. The van der Waals surface area contributed by atoms with Crippen molar-refractivity contribution < 1.29 is 23.8 Å². The summed E-state index contributed by atoms with van der Waals surface area (Å²) < 4.78 is 16.3. The number of anilines is 2. The summed E-state index contributed by atoms with van der Waals surface area (Å²) in [7, 11) is 1.48. The van der Waals surface area contributed by atoms with Crippen LogP contribution in [0.2, 0.25) is 0 Å². The Morgan fingerprint density at radius 2 is 1.96 bits per heavy atom. The number of rotatable bonds is 4. The van der Waals surface area contributed by atoms with Gasteiger partial charge in [0.1, 0.15) is 16.2 Å². The second-order valence-electron chi connectivity index (χ2n) is 6.24. The van der Waals surface area contributed by atoms with E-state index in [-0.39, 0.29) is 12.3 Å². The third kappa shape index (κ3) is 4.33. The lowest BCUT2D eigenvalue weighted by Gasteiger charge is -2.20. The van der Waals surface area contributed by atoms with Crippen LogP contribution in [-0.2, 0) is 9.47 Å². The van der Waals surface area contributed by atoms with E-state index < -0.39 is 17.7 Å². The number of methoxy groups -OCH3 is 1. The summed E-state index contributed by atoms with van der Waals surface area (Å²) in [5, 5.41) is 3.28. The minimum Gasteiger partial charge on any atom is -0.494 e. The molecule has 0 radical (unpaired) electrons. The van der Waals surface area contributed by atoms with Gasteiger partial charge in [-0.2, -0.15) is 0 Å². The third-order valence-corrected chi connectivity index (χ3v) is 4.21. The first-order valence-electron chi connectivity index (χ1n) is 7.73. The molecule has 0 fully saturated rings. The summed E-state index contributed by atoms with van der Waals surface area (Å²) in [5.74, 6) is -0.0275.